The Bertz CT molecular complexity index is 340. The quantitative estimate of drug-likeness (QED) is 0.588. The van der Waals surface area contributed by atoms with Gasteiger partial charge in [0, 0.05) is 18.4 Å². The van der Waals surface area contributed by atoms with Gasteiger partial charge in [0.15, 0.2) is 0 Å². The summed E-state index contributed by atoms with van der Waals surface area (Å²) in [5, 5.41) is 9.21. The molecule has 0 amide bonds. The third-order valence-corrected chi connectivity index (χ3v) is 2.56. The number of carbonyl (C=O) groups excluding carboxylic acids is 1. The van der Waals surface area contributed by atoms with Crippen LogP contribution in [0.4, 0.5) is 0 Å². The van der Waals surface area contributed by atoms with Crippen LogP contribution in [0.3, 0.4) is 0 Å². The van der Waals surface area contributed by atoms with Gasteiger partial charge in [-0.1, -0.05) is 6.07 Å². The molecule has 1 heterocycles. The highest BCUT2D eigenvalue weighted by molar-refractivity contribution is 7.99. The topological polar surface area (TPSA) is 67.3 Å². The molecule has 15 heavy (non-hydrogen) atoms. The largest absolute Gasteiger partial charge is 0.481 e. The fourth-order valence-electron chi connectivity index (χ4n) is 0.959. The fourth-order valence-corrected chi connectivity index (χ4v) is 1.81. The van der Waals surface area contributed by atoms with E-state index < -0.39 is 5.97 Å². The standard InChI is InChI=1S/C10H11NO3S/c12-8(7-10(13)14)4-6-15-9-3-1-2-5-11-9/h1-3,5H,4,6-7H2,(H,13,14). The summed E-state index contributed by atoms with van der Waals surface area (Å²) in [4.78, 5) is 25.3. The lowest BCUT2D eigenvalue weighted by molar-refractivity contribution is -0.140. The van der Waals surface area contributed by atoms with Crippen LogP contribution >= 0.6 is 11.8 Å². The van der Waals surface area contributed by atoms with Crippen LogP contribution in [0.2, 0.25) is 0 Å². The van der Waals surface area contributed by atoms with Crippen LogP contribution in [0.15, 0.2) is 29.4 Å². The van der Waals surface area contributed by atoms with E-state index in [0.717, 1.165) is 5.03 Å². The van der Waals surface area contributed by atoms with Crippen molar-refractivity contribution >= 4 is 23.5 Å². The normalized spacial score (nSPS) is 9.87. The molecule has 80 valence electrons. The van der Waals surface area contributed by atoms with Crippen LogP contribution in [0, 0.1) is 0 Å². The van der Waals surface area contributed by atoms with E-state index in [4.69, 9.17) is 5.11 Å². The number of carbonyl (C=O) groups is 2. The summed E-state index contributed by atoms with van der Waals surface area (Å²) in [7, 11) is 0. The van der Waals surface area contributed by atoms with Crippen molar-refractivity contribution in [2.45, 2.75) is 17.9 Å². The lowest BCUT2D eigenvalue weighted by Gasteiger charge is -1.98. The second-order valence-corrected chi connectivity index (χ2v) is 3.99. The minimum atomic E-state index is -1.07. The first-order valence-electron chi connectivity index (χ1n) is 4.46. The highest BCUT2D eigenvalue weighted by atomic mass is 32.2. The van der Waals surface area contributed by atoms with Gasteiger partial charge in [-0.15, -0.1) is 11.8 Å². The van der Waals surface area contributed by atoms with Crippen LogP contribution in [-0.2, 0) is 9.59 Å². The third kappa shape index (κ3) is 5.17. The maximum Gasteiger partial charge on any atom is 0.310 e. The molecule has 0 spiro atoms. The predicted octanol–water partition coefficient (Wildman–Crippen LogP) is 1.61. The third-order valence-electron chi connectivity index (χ3n) is 1.62. The fraction of sp³-hybridized carbons (Fsp3) is 0.300. The molecule has 0 saturated heterocycles. The molecule has 1 rings (SSSR count). The SMILES string of the molecule is O=C(O)CC(=O)CCSc1ccccn1. The maximum absolute atomic E-state index is 11.0. The van der Waals surface area contributed by atoms with E-state index in [1.54, 1.807) is 6.20 Å². The summed E-state index contributed by atoms with van der Waals surface area (Å²) in [6.07, 6.45) is 1.57. The summed E-state index contributed by atoms with van der Waals surface area (Å²) < 4.78 is 0. The monoisotopic (exact) mass is 225 g/mol. The van der Waals surface area contributed by atoms with Crippen molar-refractivity contribution in [3.63, 3.8) is 0 Å². The summed E-state index contributed by atoms with van der Waals surface area (Å²) in [6.45, 7) is 0. The first-order chi connectivity index (χ1) is 7.18. The molecule has 0 atom stereocenters. The van der Waals surface area contributed by atoms with Crippen LogP contribution < -0.4 is 0 Å². The molecule has 1 N–H and O–H groups in total. The van der Waals surface area contributed by atoms with Gasteiger partial charge >= 0.3 is 5.97 Å². The molecule has 0 aromatic carbocycles. The number of pyridine rings is 1. The van der Waals surface area contributed by atoms with Crippen LogP contribution in [0.1, 0.15) is 12.8 Å². The molecule has 0 fully saturated rings. The second-order valence-electron chi connectivity index (χ2n) is 2.88. The number of hydrogen-bond acceptors (Lipinski definition) is 4. The van der Waals surface area contributed by atoms with E-state index in [1.807, 2.05) is 18.2 Å². The molecule has 0 unspecified atom stereocenters. The van der Waals surface area contributed by atoms with E-state index >= 15 is 0 Å². The van der Waals surface area contributed by atoms with Crippen LogP contribution in [0.25, 0.3) is 0 Å². The number of aliphatic carboxylic acids is 1. The van der Waals surface area contributed by atoms with Crippen molar-refractivity contribution in [2.75, 3.05) is 5.75 Å². The first kappa shape index (κ1) is 11.7. The molecule has 4 nitrogen and oxygen atoms in total. The molecule has 1 aromatic heterocycles. The number of carboxylic acid groups (broad SMARTS) is 1. The predicted molar refractivity (Wildman–Crippen MR) is 56.8 cm³/mol. The molecule has 0 saturated carbocycles. The van der Waals surface area contributed by atoms with Gasteiger partial charge in [-0.25, -0.2) is 4.98 Å². The Hall–Kier alpha value is -1.36. The number of ketones is 1. The Balaban J connectivity index is 2.22. The van der Waals surface area contributed by atoms with Crippen LogP contribution in [0.5, 0.6) is 0 Å². The zero-order chi connectivity index (χ0) is 11.1. The molecule has 0 bridgehead atoms. The zero-order valence-corrected chi connectivity index (χ0v) is 8.87. The van der Waals surface area contributed by atoms with E-state index in [-0.39, 0.29) is 18.6 Å². The van der Waals surface area contributed by atoms with E-state index in [1.165, 1.54) is 11.8 Å². The molecule has 0 aliphatic carbocycles. The minimum absolute atomic E-state index is 0.245. The van der Waals surface area contributed by atoms with Gasteiger partial charge in [0.05, 0.1) is 5.03 Å². The smallest absolute Gasteiger partial charge is 0.310 e. The van der Waals surface area contributed by atoms with Gasteiger partial charge in [-0.05, 0) is 12.1 Å². The number of rotatable bonds is 6. The average Bonchev–Trinajstić information content (AvgIpc) is 2.18. The van der Waals surface area contributed by atoms with E-state index in [2.05, 4.69) is 4.98 Å². The summed E-state index contributed by atoms with van der Waals surface area (Å²) in [5.74, 6) is -0.739. The molecule has 0 radical (unpaired) electrons. The van der Waals surface area contributed by atoms with Gasteiger partial charge in [0.1, 0.15) is 12.2 Å². The lowest BCUT2D eigenvalue weighted by atomic mass is 10.2. The maximum atomic E-state index is 11.0. The summed E-state index contributed by atoms with van der Waals surface area (Å²) in [5.41, 5.74) is 0. The number of hydrogen-bond donors (Lipinski definition) is 1. The van der Waals surface area contributed by atoms with E-state index in [9.17, 15) is 9.59 Å². The lowest BCUT2D eigenvalue weighted by Crippen LogP contribution is -2.07. The van der Waals surface area contributed by atoms with Gasteiger partial charge in [-0.2, -0.15) is 0 Å². The molecule has 1 aromatic rings. The van der Waals surface area contributed by atoms with Gasteiger partial charge in [0.25, 0.3) is 0 Å². The molecular formula is C10H11NO3S. The zero-order valence-electron chi connectivity index (χ0n) is 8.05. The molecule has 0 aliphatic heterocycles. The Morgan fingerprint density at radius 2 is 2.20 bits per heavy atom. The average molecular weight is 225 g/mol. The Labute approximate surface area is 91.7 Å². The number of nitrogens with zero attached hydrogens (tertiary/aromatic N) is 1. The minimum Gasteiger partial charge on any atom is -0.481 e. The summed E-state index contributed by atoms with van der Waals surface area (Å²) >= 11 is 1.45. The van der Waals surface area contributed by atoms with Gasteiger partial charge in [0.2, 0.25) is 0 Å². The van der Waals surface area contributed by atoms with Crippen molar-refractivity contribution in [3.8, 4) is 0 Å². The van der Waals surface area contributed by atoms with Crippen molar-refractivity contribution in [1.82, 2.24) is 4.98 Å². The van der Waals surface area contributed by atoms with E-state index in [0.29, 0.717) is 5.75 Å². The van der Waals surface area contributed by atoms with Gasteiger partial charge < -0.3 is 5.11 Å². The molecular weight excluding hydrogens is 214 g/mol. The highest BCUT2D eigenvalue weighted by Crippen LogP contribution is 2.15. The van der Waals surface area contributed by atoms with Crippen molar-refractivity contribution in [2.24, 2.45) is 0 Å². The van der Waals surface area contributed by atoms with Gasteiger partial charge in [-0.3, -0.25) is 9.59 Å². The van der Waals surface area contributed by atoms with Crippen molar-refractivity contribution < 1.29 is 14.7 Å². The van der Waals surface area contributed by atoms with Crippen molar-refractivity contribution in [1.29, 1.82) is 0 Å². The Morgan fingerprint density at radius 3 is 2.80 bits per heavy atom. The molecule has 5 heteroatoms. The number of thioether (sulfide) groups is 1. The Morgan fingerprint density at radius 1 is 1.40 bits per heavy atom. The van der Waals surface area contributed by atoms with Crippen LogP contribution in [-0.4, -0.2) is 27.6 Å². The number of aromatic nitrogens is 1. The molecule has 0 aliphatic rings. The second kappa shape index (κ2) is 6.19. The first-order valence-corrected chi connectivity index (χ1v) is 5.44. The van der Waals surface area contributed by atoms with Crippen molar-refractivity contribution in [3.05, 3.63) is 24.4 Å². The highest BCUT2D eigenvalue weighted by Gasteiger charge is 2.07. The number of carboxylic acids is 1. The number of Topliss-reactive ketones (excluding diaryl/α,β-unsaturated/α-hetero) is 1. The summed E-state index contributed by atoms with van der Waals surface area (Å²) in [6, 6.07) is 5.54. The Kier molecular flexibility index (Phi) is 4.83.